The Morgan fingerprint density at radius 2 is 2.10 bits per heavy atom. The van der Waals surface area contributed by atoms with Crippen molar-refractivity contribution < 1.29 is 4.39 Å². The Bertz CT molecular complexity index is 753. The number of hydrogen-bond acceptors (Lipinski definition) is 5. The molecule has 1 atom stereocenters. The zero-order valence-electron chi connectivity index (χ0n) is 10.8. The second kappa shape index (κ2) is 4.76. The van der Waals surface area contributed by atoms with Crippen LogP contribution in [0.5, 0.6) is 0 Å². The second-order valence-corrected chi connectivity index (χ2v) is 4.42. The minimum absolute atomic E-state index is 0.118. The van der Waals surface area contributed by atoms with E-state index in [0.717, 1.165) is 0 Å². The first-order valence-electron chi connectivity index (χ1n) is 6.12. The molecule has 2 aromatic heterocycles. The predicted octanol–water partition coefficient (Wildman–Crippen LogP) is 2.25. The Labute approximate surface area is 114 Å². The smallest absolute Gasteiger partial charge is 0.224 e. The topological polar surface area (TPSA) is 92.5 Å². The number of aromatic nitrogens is 4. The van der Waals surface area contributed by atoms with Crippen LogP contribution in [-0.2, 0) is 0 Å². The van der Waals surface area contributed by atoms with Gasteiger partial charge in [-0.05, 0) is 13.0 Å². The number of H-pyrrole nitrogens is 1. The van der Waals surface area contributed by atoms with Gasteiger partial charge in [-0.25, -0.2) is 9.37 Å². The molecule has 102 valence electrons. The molecule has 0 saturated heterocycles. The summed E-state index contributed by atoms with van der Waals surface area (Å²) in [6.07, 6.45) is 1.51. The van der Waals surface area contributed by atoms with Crippen LogP contribution in [0.15, 0.2) is 30.6 Å². The molecule has 1 unspecified atom stereocenters. The Morgan fingerprint density at radius 1 is 1.30 bits per heavy atom. The van der Waals surface area contributed by atoms with Crippen LogP contribution < -0.4 is 11.1 Å². The first-order valence-corrected chi connectivity index (χ1v) is 6.12. The molecule has 0 aliphatic heterocycles. The van der Waals surface area contributed by atoms with Crippen LogP contribution in [0.3, 0.4) is 0 Å². The van der Waals surface area contributed by atoms with E-state index in [1.165, 1.54) is 12.4 Å². The van der Waals surface area contributed by atoms with Gasteiger partial charge in [-0.2, -0.15) is 9.97 Å². The minimum atomic E-state index is -0.268. The first-order chi connectivity index (χ1) is 9.65. The molecule has 2 heterocycles. The van der Waals surface area contributed by atoms with E-state index in [-0.39, 0.29) is 17.8 Å². The van der Waals surface area contributed by atoms with Crippen molar-refractivity contribution in [2.24, 2.45) is 0 Å². The summed E-state index contributed by atoms with van der Waals surface area (Å²) >= 11 is 0. The molecule has 7 heteroatoms. The van der Waals surface area contributed by atoms with Gasteiger partial charge in [0, 0.05) is 5.56 Å². The highest BCUT2D eigenvalue weighted by Gasteiger charge is 2.14. The number of imidazole rings is 1. The number of halogens is 1. The summed E-state index contributed by atoms with van der Waals surface area (Å²) in [6, 6.07) is 6.32. The fourth-order valence-electron chi connectivity index (χ4n) is 2.06. The number of rotatable bonds is 3. The maximum atomic E-state index is 13.8. The zero-order chi connectivity index (χ0) is 14.1. The molecule has 3 aromatic rings. The fraction of sp³-hybridized carbons (Fsp3) is 0.154. The number of anilines is 2. The second-order valence-electron chi connectivity index (χ2n) is 4.42. The number of fused-ring (bicyclic) bond motifs is 1. The lowest BCUT2D eigenvalue weighted by Crippen LogP contribution is -2.11. The summed E-state index contributed by atoms with van der Waals surface area (Å²) in [5, 5.41) is 3.13. The van der Waals surface area contributed by atoms with Crippen molar-refractivity contribution in [2.75, 3.05) is 11.1 Å². The molecule has 0 bridgehead atoms. The van der Waals surface area contributed by atoms with Crippen molar-refractivity contribution in [3.8, 4) is 0 Å². The van der Waals surface area contributed by atoms with Crippen LogP contribution in [-0.4, -0.2) is 19.9 Å². The number of nitrogen functional groups attached to an aromatic ring is 1. The SMILES string of the molecule is CC(Nc1nc(N)nc2nc[nH]c12)c1ccccc1F. The monoisotopic (exact) mass is 272 g/mol. The van der Waals surface area contributed by atoms with Crippen molar-refractivity contribution in [2.45, 2.75) is 13.0 Å². The number of aromatic amines is 1. The fourth-order valence-corrected chi connectivity index (χ4v) is 2.06. The molecule has 4 N–H and O–H groups in total. The normalized spacial score (nSPS) is 12.5. The molecule has 0 spiro atoms. The van der Waals surface area contributed by atoms with Gasteiger partial charge in [0.05, 0.1) is 12.4 Å². The van der Waals surface area contributed by atoms with Gasteiger partial charge in [-0.15, -0.1) is 0 Å². The zero-order valence-corrected chi connectivity index (χ0v) is 10.8. The average Bonchev–Trinajstić information content (AvgIpc) is 2.87. The Kier molecular flexibility index (Phi) is 2.94. The molecule has 0 aliphatic carbocycles. The molecule has 6 nitrogen and oxygen atoms in total. The largest absolute Gasteiger partial charge is 0.368 e. The van der Waals surface area contributed by atoms with E-state index < -0.39 is 0 Å². The van der Waals surface area contributed by atoms with E-state index in [1.807, 2.05) is 6.92 Å². The molecule has 0 fully saturated rings. The van der Waals surface area contributed by atoms with Crippen LogP contribution in [0.1, 0.15) is 18.5 Å². The van der Waals surface area contributed by atoms with Gasteiger partial charge < -0.3 is 16.0 Å². The number of benzene rings is 1. The van der Waals surface area contributed by atoms with Gasteiger partial charge in [0.1, 0.15) is 11.3 Å². The number of nitrogens with zero attached hydrogens (tertiary/aromatic N) is 3. The molecule has 0 aliphatic rings. The first kappa shape index (κ1) is 12.3. The van der Waals surface area contributed by atoms with E-state index in [0.29, 0.717) is 22.5 Å². The molecule has 3 rings (SSSR count). The van der Waals surface area contributed by atoms with Crippen molar-refractivity contribution in [3.63, 3.8) is 0 Å². The summed E-state index contributed by atoms with van der Waals surface area (Å²) in [7, 11) is 0. The highest BCUT2D eigenvalue weighted by Crippen LogP contribution is 2.24. The van der Waals surface area contributed by atoms with E-state index in [1.54, 1.807) is 18.2 Å². The lowest BCUT2D eigenvalue weighted by molar-refractivity contribution is 0.600. The van der Waals surface area contributed by atoms with Crippen LogP contribution in [0.25, 0.3) is 11.2 Å². The van der Waals surface area contributed by atoms with E-state index in [9.17, 15) is 4.39 Å². The summed E-state index contributed by atoms with van der Waals surface area (Å²) in [6.45, 7) is 1.85. The third kappa shape index (κ3) is 2.13. The van der Waals surface area contributed by atoms with E-state index in [4.69, 9.17) is 5.73 Å². The Balaban J connectivity index is 1.97. The maximum Gasteiger partial charge on any atom is 0.224 e. The van der Waals surface area contributed by atoms with Crippen LogP contribution >= 0.6 is 0 Å². The lowest BCUT2D eigenvalue weighted by Gasteiger charge is -2.16. The average molecular weight is 272 g/mol. The highest BCUT2D eigenvalue weighted by molar-refractivity contribution is 5.83. The lowest BCUT2D eigenvalue weighted by atomic mass is 10.1. The molecular weight excluding hydrogens is 259 g/mol. The van der Waals surface area contributed by atoms with Gasteiger partial charge in [0.25, 0.3) is 0 Å². The van der Waals surface area contributed by atoms with E-state index >= 15 is 0 Å². The summed E-state index contributed by atoms with van der Waals surface area (Å²) in [5.74, 6) is 0.351. The molecule has 1 aromatic carbocycles. The number of nitrogens with two attached hydrogens (primary N) is 1. The Hall–Kier alpha value is -2.70. The molecular formula is C13H13FN6. The van der Waals surface area contributed by atoms with Crippen LogP contribution in [0.2, 0.25) is 0 Å². The number of hydrogen-bond donors (Lipinski definition) is 3. The summed E-state index contributed by atoms with van der Waals surface area (Å²) in [5.41, 5.74) is 7.31. The van der Waals surface area contributed by atoms with Gasteiger partial charge in [-0.3, -0.25) is 0 Å². The maximum absolute atomic E-state index is 13.8. The van der Waals surface area contributed by atoms with E-state index in [2.05, 4.69) is 25.3 Å². The van der Waals surface area contributed by atoms with Gasteiger partial charge in [0.2, 0.25) is 5.95 Å². The quantitative estimate of drug-likeness (QED) is 0.680. The molecule has 0 saturated carbocycles. The molecule has 0 radical (unpaired) electrons. The van der Waals surface area contributed by atoms with Gasteiger partial charge in [0.15, 0.2) is 11.5 Å². The van der Waals surface area contributed by atoms with Gasteiger partial charge in [-0.1, -0.05) is 18.2 Å². The Morgan fingerprint density at radius 3 is 2.90 bits per heavy atom. The van der Waals surface area contributed by atoms with Crippen LogP contribution in [0.4, 0.5) is 16.2 Å². The summed E-state index contributed by atoms with van der Waals surface area (Å²) in [4.78, 5) is 15.1. The van der Waals surface area contributed by atoms with Crippen molar-refractivity contribution in [3.05, 3.63) is 42.0 Å². The molecule has 20 heavy (non-hydrogen) atoms. The summed E-state index contributed by atoms with van der Waals surface area (Å²) < 4.78 is 13.8. The van der Waals surface area contributed by atoms with Crippen LogP contribution in [0, 0.1) is 5.82 Å². The third-order valence-electron chi connectivity index (χ3n) is 3.03. The van der Waals surface area contributed by atoms with Crippen molar-refractivity contribution in [1.29, 1.82) is 0 Å². The van der Waals surface area contributed by atoms with Gasteiger partial charge >= 0.3 is 0 Å². The van der Waals surface area contributed by atoms with Crippen molar-refractivity contribution in [1.82, 2.24) is 19.9 Å². The predicted molar refractivity (Wildman–Crippen MR) is 74.5 cm³/mol. The molecule has 0 amide bonds. The minimum Gasteiger partial charge on any atom is -0.368 e. The standard InChI is InChI=1S/C13H13FN6/c1-7(8-4-2-3-5-9(8)14)18-12-10-11(17-6-16-10)19-13(15)20-12/h2-7H,1H3,(H4,15,16,17,18,19,20). The third-order valence-corrected chi connectivity index (χ3v) is 3.03. The number of nitrogens with one attached hydrogen (secondary N) is 2. The van der Waals surface area contributed by atoms with Crippen molar-refractivity contribution >= 4 is 22.9 Å². The highest BCUT2D eigenvalue weighted by atomic mass is 19.1.